The fourth-order valence-electron chi connectivity index (χ4n) is 1.27. The van der Waals surface area contributed by atoms with Crippen LogP contribution in [0, 0.1) is 0 Å². The Hall–Kier alpha value is -1.03. The molecule has 1 amide bonds. The Morgan fingerprint density at radius 2 is 2.27 bits per heavy atom. The zero-order valence-electron chi connectivity index (χ0n) is 9.96. The van der Waals surface area contributed by atoms with Crippen LogP contribution in [0.4, 0.5) is 4.79 Å². The van der Waals surface area contributed by atoms with Crippen LogP contribution in [0.5, 0.6) is 0 Å². The lowest BCUT2D eigenvalue weighted by atomic mass is 10.0. The lowest BCUT2D eigenvalue weighted by Crippen LogP contribution is -2.52. The lowest BCUT2D eigenvalue weighted by molar-refractivity contribution is 0.0283. The molecule has 1 atom stereocenters. The molecule has 1 rings (SSSR count). The van der Waals surface area contributed by atoms with E-state index in [1.165, 1.54) is 0 Å². The molecule has 15 heavy (non-hydrogen) atoms. The molecule has 1 aliphatic heterocycles. The largest absolute Gasteiger partial charge is 0.444 e. The first-order chi connectivity index (χ1) is 6.79. The van der Waals surface area contributed by atoms with Crippen LogP contribution in [-0.2, 0) is 4.74 Å². The molecule has 1 aliphatic rings. The van der Waals surface area contributed by atoms with E-state index in [1.807, 2.05) is 20.8 Å². The Kier molecular flexibility index (Phi) is 3.39. The zero-order valence-corrected chi connectivity index (χ0v) is 9.96. The predicted octanol–water partition coefficient (Wildman–Crippen LogP) is 1.38. The second-order valence-electron chi connectivity index (χ2n) is 4.95. The van der Waals surface area contributed by atoms with Crippen molar-refractivity contribution in [3.63, 3.8) is 0 Å². The number of hydrogen-bond donors (Lipinski definition) is 1. The zero-order chi connectivity index (χ0) is 11.6. The molecule has 0 spiro atoms. The fourth-order valence-corrected chi connectivity index (χ4v) is 1.27. The van der Waals surface area contributed by atoms with Gasteiger partial charge >= 0.3 is 6.09 Å². The van der Waals surface area contributed by atoms with Crippen molar-refractivity contribution in [1.82, 2.24) is 10.2 Å². The van der Waals surface area contributed by atoms with Gasteiger partial charge in [-0.1, -0.05) is 6.58 Å². The van der Waals surface area contributed by atoms with E-state index in [0.29, 0.717) is 6.54 Å². The molecule has 4 heteroatoms. The van der Waals surface area contributed by atoms with Crippen LogP contribution >= 0.6 is 0 Å². The van der Waals surface area contributed by atoms with Crippen molar-refractivity contribution >= 4 is 6.09 Å². The molecule has 1 saturated heterocycles. The Bertz CT molecular complexity index is 268. The summed E-state index contributed by atoms with van der Waals surface area (Å²) in [4.78, 5) is 13.2. The van der Waals surface area contributed by atoms with Crippen LogP contribution in [0.25, 0.3) is 0 Å². The summed E-state index contributed by atoms with van der Waals surface area (Å²) in [7, 11) is 1.74. The number of ether oxygens (including phenoxy) is 1. The maximum atomic E-state index is 11.6. The average molecular weight is 212 g/mol. The molecule has 0 aliphatic carbocycles. The summed E-state index contributed by atoms with van der Waals surface area (Å²) in [6, 6.07) is 0.225. The maximum Gasteiger partial charge on any atom is 0.410 e. The number of likely N-dealkylation sites (N-methyl/N-ethyl adjacent to an activating group) is 1. The predicted molar refractivity (Wildman–Crippen MR) is 59.8 cm³/mol. The van der Waals surface area contributed by atoms with Crippen molar-refractivity contribution in [3.05, 3.63) is 12.2 Å². The third-order valence-electron chi connectivity index (χ3n) is 2.23. The van der Waals surface area contributed by atoms with Gasteiger partial charge in [0.1, 0.15) is 5.60 Å². The fraction of sp³-hybridized carbons (Fsp3) is 0.727. The molecule has 1 heterocycles. The third kappa shape index (κ3) is 3.55. The van der Waals surface area contributed by atoms with E-state index >= 15 is 0 Å². The van der Waals surface area contributed by atoms with Crippen molar-refractivity contribution in [1.29, 1.82) is 0 Å². The van der Waals surface area contributed by atoms with Gasteiger partial charge in [-0.05, 0) is 26.3 Å². The Morgan fingerprint density at radius 3 is 2.60 bits per heavy atom. The molecule has 0 unspecified atom stereocenters. The van der Waals surface area contributed by atoms with E-state index in [1.54, 1.807) is 11.9 Å². The second kappa shape index (κ2) is 4.23. The first-order valence-corrected chi connectivity index (χ1v) is 5.15. The molecule has 0 saturated carbocycles. The summed E-state index contributed by atoms with van der Waals surface area (Å²) < 4.78 is 5.23. The number of hydrogen-bond acceptors (Lipinski definition) is 3. The minimum atomic E-state index is -0.435. The average Bonchev–Trinajstić information content (AvgIpc) is 2.08. The van der Waals surface area contributed by atoms with Crippen LogP contribution in [0.2, 0.25) is 0 Å². The molecular formula is C11H20N2O2. The maximum absolute atomic E-state index is 11.6. The van der Waals surface area contributed by atoms with E-state index in [9.17, 15) is 4.79 Å². The summed E-state index contributed by atoms with van der Waals surface area (Å²) in [5.41, 5.74) is 0.709. The quantitative estimate of drug-likeness (QED) is 0.703. The number of carbonyl (C=O) groups excluding carboxylic acids is 1. The molecule has 4 nitrogen and oxygen atoms in total. The summed E-state index contributed by atoms with van der Waals surface area (Å²) in [6.45, 7) is 10.9. The van der Waals surface area contributed by atoms with E-state index in [0.717, 1.165) is 12.1 Å². The summed E-state index contributed by atoms with van der Waals surface area (Å²) in [5.74, 6) is 0. The highest BCUT2D eigenvalue weighted by Crippen LogP contribution is 2.13. The number of nitrogens with zero attached hydrogens (tertiary/aromatic N) is 1. The summed E-state index contributed by atoms with van der Waals surface area (Å²) >= 11 is 0. The van der Waals surface area contributed by atoms with Crippen molar-refractivity contribution in [2.75, 3.05) is 20.1 Å². The Labute approximate surface area is 91.3 Å². The van der Waals surface area contributed by atoms with Crippen molar-refractivity contribution in [3.8, 4) is 0 Å². The van der Waals surface area contributed by atoms with Crippen molar-refractivity contribution in [2.24, 2.45) is 0 Å². The molecule has 86 valence electrons. The van der Waals surface area contributed by atoms with Crippen LogP contribution in [0.15, 0.2) is 12.2 Å². The minimum absolute atomic E-state index is 0.225. The van der Waals surface area contributed by atoms with Gasteiger partial charge in [0.05, 0.1) is 0 Å². The van der Waals surface area contributed by atoms with Gasteiger partial charge in [0.25, 0.3) is 0 Å². The van der Waals surface area contributed by atoms with E-state index in [4.69, 9.17) is 4.74 Å². The highest BCUT2D eigenvalue weighted by molar-refractivity contribution is 5.67. The highest BCUT2D eigenvalue weighted by Gasteiger charge is 2.26. The van der Waals surface area contributed by atoms with Gasteiger partial charge in [-0.2, -0.15) is 0 Å². The van der Waals surface area contributed by atoms with Gasteiger partial charge in [0.15, 0.2) is 0 Å². The van der Waals surface area contributed by atoms with Gasteiger partial charge in [-0.3, -0.25) is 0 Å². The van der Waals surface area contributed by atoms with Crippen LogP contribution in [-0.4, -0.2) is 42.8 Å². The third-order valence-corrected chi connectivity index (χ3v) is 2.23. The van der Waals surface area contributed by atoms with Crippen LogP contribution in [0.3, 0.4) is 0 Å². The number of nitrogens with one attached hydrogen (secondary N) is 1. The molecule has 0 aromatic rings. The first kappa shape index (κ1) is 12.0. The van der Waals surface area contributed by atoms with Crippen LogP contribution in [0.1, 0.15) is 20.8 Å². The minimum Gasteiger partial charge on any atom is -0.444 e. The van der Waals surface area contributed by atoms with Gasteiger partial charge < -0.3 is 15.0 Å². The number of rotatable bonds is 2. The number of amides is 1. The topological polar surface area (TPSA) is 41.6 Å². The highest BCUT2D eigenvalue weighted by atomic mass is 16.6. The summed E-state index contributed by atoms with van der Waals surface area (Å²) in [5, 5.41) is 3.19. The van der Waals surface area contributed by atoms with Gasteiger partial charge in [0.2, 0.25) is 0 Å². The van der Waals surface area contributed by atoms with Gasteiger partial charge in [0, 0.05) is 26.2 Å². The smallest absolute Gasteiger partial charge is 0.410 e. The van der Waals surface area contributed by atoms with E-state index in [2.05, 4.69) is 11.9 Å². The molecule has 1 fully saturated rings. The molecular weight excluding hydrogens is 192 g/mol. The second-order valence-corrected chi connectivity index (χ2v) is 4.95. The van der Waals surface area contributed by atoms with E-state index in [-0.39, 0.29) is 12.1 Å². The first-order valence-electron chi connectivity index (χ1n) is 5.15. The Morgan fingerprint density at radius 1 is 1.67 bits per heavy atom. The lowest BCUT2D eigenvalue weighted by Gasteiger charge is -2.34. The number of carbonyl (C=O) groups is 1. The van der Waals surface area contributed by atoms with Crippen LogP contribution < -0.4 is 5.32 Å². The molecule has 0 aromatic carbocycles. The molecule has 1 N–H and O–H groups in total. The Balaban J connectivity index is 2.36. The van der Waals surface area contributed by atoms with Crippen molar-refractivity contribution in [2.45, 2.75) is 32.4 Å². The normalized spacial score (nSPS) is 20.8. The monoisotopic (exact) mass is 212 g/mol. The van der Waals surface area contributed by atoms with Gasteiger partial charge in [-0.15, -0.1) is 0 Å². The van der Waals surface area contributed by atoms with E-state index < -0.39 is 5.60 Å². The SMILES string of the molecule is C=C1CN[C@@H]1CN(C)C(=O)OC(C)(C)C. The van der Waals surface area contributed by atoms with Gasteiger partial charge in [-0.25, -0.2) is 4.79 Å². The van der Waals surface area contributed by atoms with Crippen molar-refractivity contribution < 1.29 is 9.53 Å². The summed E-state index contributed by atoms with van der Waals surface area (Å²) in [6.07, 6.45) is -0.288. The molecule has 0 aromatic heterocycles. The molecule has 0 radical (unpaired) electrons. The standard InChI is InChI=1S/C11H20N2O2/c1-8-6-12-9(8)7-13(5)10(14)15-11(2,3)4/h9,12H,1,6-7H2,2-5H3/t9-/m1/s1. The molecule has 0 bridgehead atoms.